The Kier molecular flexibility index (Phi) is 5.32. The second-order valence-electron chi connectivity index (χ2n) is 7.74. The highest BCUT2D eigenvalue weighted by Gasteiger charge is 2.14. The van der Waals surface area contributed by atoms with Crippen molar-refractivity contribution in [1.82, 2.24) is 20.0 Å². The van der Waals surface area contributed by atoms with E-state index in [-0.39, 0.29) is 11.5 Å². The summed E-state index contributed by atoms with van der Waals surface area (Å²) in [5.41, 5.74) is 11.0. The Hall–Kier alpha value is -4.46. The minimum Gasteiger partial charge on any atom is -0.397 e. The van der Waals surface area contributed by atoms with E-state index in [4.69, 9.17) is 5.73 Å². The van der Waals surface area contributed by atoms with Gasteiger partial charge >= 0.3 is 0 Å². The standard InChI is InChI=1S/C25H21FN6O/c26-19-8-5-16(6-9-19)17-7-10-21(27)23(13-17)29-25(33)24-15-32(31-30-24)12-11-18-14-28-22-4-2-1-3-20(18)22/h1-10,13-15,28H,11-12,27H2,(H,29,33). The molecule has 0 radical (unpaired) electrons. The number of aryl methyl sites for hydroxylation is 2. The molecule has 0 saturated heterocycles. The number of carbonyl (C=O) groups is 1. The number of amides is 1. The van der Waals surface area contributed by atoms with E-state index in [2.05, 4.69) is 26.7 Å². The van der Waals surface area contributed by atoms with E-state index in [9.17, 15) is 9.18 Å². The molecule has 0 atom stereocenters. The molecule has 0 unspecified atom stereocenters. The highest BCUT2D eigenvalue weighted by atomic mass is 19.1. The van der Waals surface area contributed by atoms with Crippen molar-refractivity contribution < 1.29 is 9.18 Å². The zero-order valence-corrected chi connectivity index (χ0v) is 17.6. The molecule has 0 aliphatic carbocycles. The fraction of sp³-hybridized carbons (Fsp3) is 0.0800. The second-order valence-corrected chi connectivity index (χ2v) is 7.74. The van der Waals surface area contributed by atoms with Gasteiger partial charge in [-0.25, -0.2) is 4.39 Å². The molecule has 0 fully saturated rings. The van der Waals surface area contributed by atoms with Gasteiger partial charge in [-0.1, -0.05) is 41.6 Å². The van der Waals surface area contributed by atoms with Gasteiger partial charge in [0.05, 0.1) is 17.6 Å². The largest absolute Gasteiger partial charge is 0.397 e. The minimum atomic E-state index is -0.406. The molecule has 5 aromatic rings. The van der Waals surface area contributed by atoms with Crippen LogP contribution < -0.4 is 11.1 Å². The van der Waals surface area contributed by atoms with Crippen LogP contribution >= 0.6 is 0 Å². The van der Waals surface area contributed by atoms with Crippen molar-refractivity contribution in [1.29, 1.82) is 0 Å². The molecule has 2 heterocycles. The molecule has 8 heteroatoms. The van der Waals surface area contributed by atoms with Gasteiger partial charge in [0.1, 0.15) is 5.82 Å². The van der Waals surface area contributed by atoms with Crippen LogP contribution in [0, 0.1) is 5.82 Å². The SMILES string of the molecule is Nc1ccc(-c2ccc(F)cc2)cc1NC(=O)c1cn(CCc2c[nH]c3ccccc23)nn1. The molecular formula is C25H21FN6O. The molecule has 0 saturated carbocycles. The highest BCUT2D eigenvalue weighted by molar-refractivity contribution is 6.04. The lowest BCUT2D eigenvalue weighted by Crippen LogP contribution is -2.14. The number of anilines is 2. The Labute approximate surface area is 189 Å². The number of benzene rings is 3. The van der Waals surface area contributed by atoms with Crippen molar-refractivity contribution in [2.24, 2.45) is 0 Å². The van der Waals surface area contributed by atoms with E-state index in [1.54, 1.807) is 35.1 Å². The molecule has 1 amide bonds. The summed E-state index contributed by atoms with van der Waals surface area (Å²) in [6, 6.07) is 19.5. The van der Waals surface area contributed by atoms with Crippen molar-refractivity contribution in [2.45, 2.75) is 13.0 Å². The maximum absolute atomic E-state index is 13.2. The number of rotatable bonds is 6. The van der Waals surface area contributed by atoms with Gasteiger partial charge in [-0.2, -0.15) is 0 Å². The van der Waals surface area contributed by atoms with Crippen molar-refractivity contribution in [3.05, 3.63) is 96.2 Å². The fourth-order valence-electron chi connectivity index (χ4n) is 3.76. The summed E-state index contributed by atoms with van der Waals surface area (Å²) >= 11 is 0. The number of hydrogen-bond donors (Lipinski definition) is 3. The molecule has 3 aromatic carbocycles. The van der Waals surface area contributed by atoms with Crippen LogP contribution in [0.4, 0.5) is 15.8 Å². The predicted molar refractivity (Wildman–Crippen MR) is 126 cm³/mol. The summed E-state index contributed by atoms with van der Waals surface area (Å²) in [7, 11) is 0. The van der Waals surface area contributed by atoms with Crippen LogP contribution in [0.1, 0.15) is 16.1 Å². The monoisotopic (exact) mass is 440 g/mol. The first-order valence-electron chi connectivity index (χ1n) is 10.5. The first-order chi connectivity index (χ1) is 16.1. The Morgan fingerprint density at radius 3 is 2.70 bits per heavy atom. The maximum Gasteiger partial charge on any atom is 0.277 e. The lowest BCUT2D eigenvalue weighted by atomic mass is 10.0. The number of nitrogens with zero attached hydrogens (tertiary/aromatic N) is 3. The molecule has 33 heavy (non-hydrogen) atoms. The molecule has 0 aliphatic heterocycles. The quantitative estimate of drug-likeness (QED) is 0.335. The van der Waals surface area contributed by atoms with E-state index in [1.165, 1.54) is 23.1 Å². The molecule has 2 aromatic heterocycles. The summed E-state index contributed by atoms with van der Waals surface area (Å²) in [5.74, 6) is -0.716. The fourth-order valence-corrected chi connectivity index (χ4v) is 3.76. The number of nitrogen functional groups attached to an aromatic ring is 1. The van der Waals surface area contributed by atoms with E-state index in [1.807, 2.05) is 30.5 Å². The average Bonchev–Trinajstić information content (AvgIpc) is 3.47. The van der Waals surface area contributed by atoms with Crippen LogP contribution in [0.5, 0.6) is 0 Å². The van der Waals surface area contributed by atoms with Crippen molar-refractivity contribution >= 4 is 28.2 Å². The molecule has 7 nitrogen and oxygen atoms in total. The zero-order valence-electron chi connectivity index (χ0n) is 17.6. The Morgan fingerprint density at radius 1 is 1.06 bits per heavy atom. The topological polar surface area (TPSA) is 102 Å². The molecular weight excluding hydrogens is 419 g/mol. The Morgan fingerprint density at radius 2 is 1.85 bits per heavy atom. The summed E-state index contributed by atoms with van der Waals surface area (Å²) in [6.07, 6.45) is 4.36. The highest BCUT2D eigenvalue weighted by Crippen LogP contribution is 2.28. The molecule has 0 bridgehead atoms. The van der Waals surface area contributed by atoms with Crippen LogP contribution in [-0.2, 0) is 13.0 Å². The first kappa shape index (κ1) is 20.4. The van der Waals surface area contributed by atoms with Gasteiger partial charge in [-0.05, 0) is 53.4 Å². The third-order valence-electron chi connectivity index (χ3n) is 5.54. The normalized spacial score (nSPS) is 11.1. The third-order valence-corrected chi connectivity index (χ3v) is 5.54. The number of aromatic nitrogens is 4. The summed E-state index contributed by atoms with van der Waals surface area (Å²) in [5, 5.41) is 12.1. The maximum atomic E-state index is 13.2. The van der Waals surface area contributed by atoms with Gasteiger partial charge in [-0.15, -0.1) is 5.10 Å². The number of para-hydroxylation sites is 1. The number of H-pyrrole nitrogens is 1. The zero-order chi connectivity index (χ0) is 22.8. The predicted octanol–water partition coefficient (Wildman–Crippen LogP) is 4.64. The molecule has 164 valence electrons. The number of aromatic amines is 1. The van der Waals surface area contributed by atoms with Crippen molar-refractivity contribution in [2.75, 3.05) is 11.1 Å². The van der Waals surface area contributed by atoms with E-state index >= 15 is 0 Å². The minimum absolute atomic E-state index is 0.195. The first-order valence-corrected chi connectivity index (χ1v) is 10.5. The Balaban J connectivity index is 1.28. The Bertz CT molecular complexity index is 1440. The van der Waals surface area contributed by atoms with Gasteiger partial charge in [0.2, 0.25) is 0 Å². The molecule has 0 aliphatic rings. The van der Waals surface area contributed by atoms with Crippen molar-refractivity contribution in [3.8, 4) is 11.1 Å². The number of nitrogens with one attached hydrogen (secondary N) is 2. The van der Waals surface area contributed by atoms with E-state index in [0.717, 1.165) is 23.1 Å². The summed E-state index contributed by atoms with van der Waals surface area (Å²) < 4.78 is 14.9. The van der Waals surface area contributed by atoms with Gasteiger partial charge in [0.15, 0.2) is 5.69 Å². The average molecular weight is 440 g/mol. The van der Waals surface area contributed by atoms with Crippen LogP contribution in [0.15, 0.2) is 79.1 Å². The third kappa shape index (κ3) is 4.31. The second kappa shape index (κ2) is 8.58. The molecule has 4 N–H and O–H groups in total. The van der Waals surface area contributed by atoms with Crippen molar-refractivity contribution in [3.63, 3.8) is 0 Å². The number of fused-ring (bicyclic) bond motifs is 1. The number of halogens is 1. The van der Waals surface area contributed by atoms with Crippen LogP contribution in [0.2, 0.25) is 0 Å². The van der Waals surface area contributed by atoms with Gasteiger partial charge < -0.3 is 16.0 Å². The van der Waals surface area contributed by atoms with E-state index in [0.29, 0.717) is 17.9 Å². The van der Waals surface area contributed by atoms with E-state index < -0.39 is 5.91 Å². The van der Waals surface area contributed by atoms with Gasteiger partial charge in [0.25, 0.3) is 5.91 Å². The number of carbonyl (C=O) groups excluding carboxylic acids is 1. The van der Waals surface area contributed by atoms with Gasteiger partial charge in [-0.3, -0.25) is 9.48 Å². The smallest absolute Gasteiger partial charge is 0.277 e. The molecule has 5 rings (SSSR count). The lowest BCUT2D eigenvalue weighted by Gasteiger charge is -2.10. The van der Waals surface area contributed by atoms with Gasteiger partial charge in [0, 0.05) is 23.6 Å². The number of nitrogens with two attached hydrogens (primary N) is 1. The van der Waals surface area contributed by atoms with Crippen LogP contribution in [-0.4, -0.2) is 25.9 Å². The lowest BCUT2D eigenvalue weighted by molar-refractivity contribution is 0.102. The summed E-state index contributed by atoms with van der Waals surface area (Å²) in [6.45, 7) is 0.588. The summed E-state index contributed by atoms with van der Waals surface area (Å²) in [4.78, 5) is 16.0. The number of hydrogen-bond acceptors (Lipinski definition) is 4. The molecule has 0 spiro atoms. The van der Waals surface area contributed by atoms with Crippen LogP contribution in [0.25, 0.3) is 22.0 Å². The van der Waals surface area contributed by atoms with Crippen LogP contribution in [0.3, 0.4) is 0 Å².